The number of piperidine rings is 1. The van der Waals surface area contributed by atoms with Crippen molar-refractivity contribution < 1.29 is 4.39 Å². The summed E-state index contributed by atoms with van der Waals surface area (Å²) in [5.74, 6) is -0.253. The molecule has 1 aromatic rings. The number of hydrogen-bond acceptors (Lipinski definition) is 3. The zero-order chi connectivity index (χ0) is 14.7. The minimum Gasteiger partial charge on any atom is -0.313 e. The van der Waals surface area contributed by atoms with Crippen molar-refractivity contribution in [3.8, 4) is 6.07 Å². The molecule has 0 aromatic heterocycles. The highest BCUT2D eigenvalue weighted by molar-refractivity contribution is 5.32. The molecule has 112 valence electrons. The molecular weight excluding hydrogens is 265 g/mol. The second-order valence-electron chi connectivity index (χ2n) is 6.23. The summed E-state index contributed by atoms with van der Waals surface area (Å²) in [5.41, 5.74) is 1.10. The van der Waals surface area contributed by atoms with Gasteiger partial charge < -0.3 is 5.32 Å². The molecule has 0 spiro atoms. The number of nitrogens with zero attached hydrogens (tertiary/aromatic N) is 2. The third-order valence-corrected chi connectivity index (χ3v) is 4.49. The number of nitriles is 1. The van der Waals surface area contributed by atoms with Crippen molar-refractivity contribution >= 4 is 0 Å². The van der Waals surface area contributed by atoms with Gasteiger partial charge in [-0.2, -0.15) is 5.26 Å². The summed E-state index contributed by atoms with van der Waals surface area (Å²) in [6, 6.07) is 7.96. The van der Waals surface area contributed by atoms with Crippen LogP contribution in [0.1, 0.15) is 43.2 Å². The first-order valence-corrected chi connectivity index (χ1v) is 7.92. The van der Waals surface area contributed by atoms with E-state index in [9.17, 15) is 4.39 Å². The largest absolute Gasteiger partial charge is 0.313 e. The predicted octanol–water partition coefficient (Wildman–Crippen LogP) is 2.80. The summed E-state index contributed by atoms with van der Waals surface area (Å²) in [6.07, 6.45) is 6.24. The Morgan fingerprint density at radius 1 is 1.29 bits per heavy atom. The Kier molecular flexibility index (Phi) is 4.52. The summed E-state index contributed by atoms with van der Waals surface area (Å²) in [7, 11) is 0. The summed E-state index contributed by atoms with van der Waals surface area (Å²) in [4.78, 5) is 2.41. The first-order valence-electron chi connectivity index (χ1n) is 7.92. The van der Waals surface area contributed by atoms with Gasteiger partial charge in [-0.15, -0.1) is 0 Å². The molecule has 0 bridgehead atoms. The van der Waals surface area contributed by atoms with Crippen LogP contribution >= 0.6 is 0 Å². The van der Waals surface area contributed by atoms with Crippen LogP contribution in [0.5, 0.6) is 0 Å². The Morgan fingerprint density at radius 3 is 2.76 bits per heavy atom. The molecule has 0 amide bonds. The van der Waals surface area contributed by atoms with E-state index in [1.54, 1.807) is 12.1 Å². The third-order valence-electron chi connectivity index (χ3n) is 4.49. The molecule has 0 radical (unpaired) electrons. The Balaban J connectivity index is 1.66. The van der Waals surface area contributed by atoms with Crippen molar-refractivity contribution in [3.05, 3.63) is 35.1 Å². The number of rotatable bonds is 5. The first kappa shape index (κ1) is 14.5. The summed E-state index contributed by atoms with van der Waals surface area (Å²) in [5, 5.41) is 12.4. The quantitative estimate of drug-likeness (QED) is 0.905. The summed E-state index contributed by atoms with van der Waals surface area (Å²) < 4.78 is 14.1. The molecule has 1 atom stereocenters. The topological polar surface area (TPSA) is 39.1 Å². The van der Waals surface area contributed by atoms with Crippen molar-refractivity contribution in [2.24, 2.45) is 0 Å². The minimum absolute atomic E-state index is 0.253. The molecule has 1 saturated heterocycles. The lowest BCUT2D eigenvalue weighted by Gasteiger charge is -2.30. The van der Waals surface area contributed by atoms with Gasteiger partial charge in [-0.25, -0.2) is 4.39 Å². The van der Waals surface area contributed by atoms with Gasteiger partial charge in [0.2, 0.25) is 0 Å². The molecule has 1 unspecified atom stereocenters. The molecule has 1 heterocycles. The van der Waals surface area contributed by atoms with Crippen LogP contribution in [-0.4, -0.2) is 30.1 Å². The number of benzene rings is 1. The minimum atomic E-state index is -0.253. The Morgan fingerprint density at radius 2 is 2.14 bits per heavy atom. The van der Waals surface area contributed by atoms with Gasteiger partial charge in [0.1, 0.15) is 5.82 Å². The van der Waals surface area contributed by atoms with Gasteiger partial charge in [0, 0.05) is 30.7 Å². The number of halogens is 1. The molecule has 1 aromatic carbocycles. The maximum absolute atomic E-state index is 14.1. The molecule has 21 heavy (non-hydrogen) atoms. The molecule has 3 nitrogen and oxygen atoms in total. The standard InChI is InChI=1S/C17H22FN3/c18-17-9-13(10-19)4-5-14(17)11-21(16-6-7-16)12-15-3-1-2-8-20-15/h4-5,9,15-16,20H,1-3,6-8,11-12H2. The fourth-order valence-corrected chi connectivity index (χ4v) is 3.11. The van der Waals surface area contributed by atoms with Crippen molar-refractivity contribution in [2.75, 3.05) is 13.1 Å². The van der Waals surface area contributed by atoms with Gasteiger partial charge in [0.25, 0.3) is 0 Å². The number of hydrogen-bond donors (Lipinski definition) is 1. The maximum Gasteiger partial charge on any atom is 0.129 e. The van der Waals surface area contributed by atoms with Crippen LogP contribution in [0.2, 0.25) is 0 Å². The van der Waals surface area contributed by atoms with E-state index in [1.165, 1.54) is 38.2 Å². The van der Waals surface area contributed by atoms with Gasteiger partial charge in [0.05, 0.1) is 11.6 Å². The summed E-state index contributed by atoms with van der Waals surface area (Å²) in [6.45, 7) is 2.76. The van der Waals surface area contributed by atoms with E-state index in [0.717, 1.165) is 13.1 Å². The lowest BCUT2D eigenvalue weighted by atomic mass is 10.0. The smallest absolute Gasteiger partial charge is 0.129 e. The lowest BCUT2D eigenvalue weighted by molar-refractivity contribution is 0.206. The molecule has 3 rings (SSSR count). The molecule has 1 aliphatic heterocycles. The molecule has 2 aliphatic rings. The van der Waals surface area contributed by atoms with E-state index in [4.69, 9.17) is 5.26 Å². The van der Waals surface area contributed by atoms with Gasteiger partial charge in [-0.05, 0) is 44.4 Å². The van der Waals surface area contributed by atoms with Crippen LogP contribution in [0.15, 0.2) is 18.2 Å². The fraction of sp³-hybridized carbons (Fsp3) is 0.588. The highest BCUT2D eigenvalue weighted by Gasteiger charge is 2.31. The van der Waals surface area contributed by atoms with E-state index in [1.807, 2.05) is 6.07 Å². The second-order valence-corrected chi connectivity index (χ2v) is 6.23. The zero-order valence-electron chi connectivity index (χ0n) is 12.3. The van der Waals surface area contributed by atoms with E-state index < -0.39 is 0 Å². The monoisotopic (exact) mass is 287 g/mol. The first-order chi connectivity index (χ1) is 10.3. The SMILES string of the molecule is N#Cc1ccc(CN(CC2CCCCN2)C2CC2)c(F)c1. The van der Waals surface area contributed by atoms with Crippen LogP contribution in [-0.2, 0) is 6.54 Å². The molecule has 1 saturated carbocycles. The van der Waals surface area contributed by atoms with Gasteiger partial charge >= 0.3 is 0 Å². The molecule has 4 heteroatoms. The highest BCUT2D eigenvalue weighted by atomic mass is 19.1. The Hall–Kier alpha value is -1.44. The van der Waals surface area contributed by atoms with Gasteiger partial charge in [0.15, 0.2) is 0 Å². The third kappa shape index (κ3) is 3.81. The molecule has 1 N–H and O–H groups in total. The molecular formula is C17H22FN3. The van der Waals surface area contributed by atoms with Crippen LogP contribution in [0.4, 0.5) is 4.39 Å². The van der Waals surface area contributed by atoms with Crippen molar-refractivity contribution in [2.45, 2.75) is 50.7 Å². The normalized spacial score (nSPS) is 22.2. The fourth-order valence-electron chi connectivity index (χ4n) is 3.11. The zero-order valence-corrected chi connectivity index (χ0v) is 12.3. The van der Waals surface area contributed by atoms with E-state index in [0.29, 0.717) is 29.8 Å². The van der Waals surface area contributed by atoms with E-state index >= 15 is 0 Å². The van der Waals surface area contributed by atoms with Crippen LogP contribution in [0.3, 0.4) is 0 Å². The van der Waals surface area contributed by atoms with Crippen molar-refractivity contribution in [1.29, 1.82) is 5.26 Å². The number of nitrogens with one attached hydrogen (secondary N) is 1. The highest BCUT2D eigenvalue weighted by Crippen LogP contribution is 2.29. The Labute approximate surface area is 125 Å². The summed E-state index contributed by atoms with van der Waals surface area (Å²) >= 11 is 0. The molecule has 1 aliphatic carbocycles. The predicted molar refractivity (Wildman–Crippen MR) is 80.2 cm³/mol. The Bertz CT molecular complexity index is 527. The van der Waals surface area contributed by atoms with Crippen LogP contribution in [0.25, 0.3) is 0 Å². The van der Waals surface area contributed by atoms with Crippen molar-refractivity contribution in [3.63, 3.8) is 0 Å². The second kappa shape index (κ2) is 6.55. The van der Waals surface area contributed by atoms with Crippen molar-refractivity contribution in [1.82, 2.24) is 10.2 Å². The van der Waals surface area contributed by atoms with Crippen LogP contribution in [0, 0.1) is 17.1 Å². The molecule has 2 fully saturated rings. The van der Waals surface area contributed by atoms with Gasteiger partial charge in [-0.1, -0.05) is 12.5 Å². The lowest BCUT2D eigenvalue weighted by Crippen LogP contribution is -2.44. The average molecular weight is 287 g/mol. The maximum atomic E-state index is 14.1. The van der Waals surface area contributed by atoms with Crippen LogP contribution < -0.4 is 5.32 Å². The average Bonchev–Trinajstić information content (AvgIpc) is 3.34. The van der Waals surface area contributed by atoms with E-state index in [2.05, 4.69) is 10.2 Å². The van der Waals surface area contributed by atoms with Gasteiger partial charge in [-0.3, -0.25) is 4.90 Å². The van der Waals surface area contributed by atoms with E-state index in [-0.39, 0.29) is 5.82 Å².